The number of H-pyrrole nitrogens is 1. The number of nitrogens with zero attached hydrogens (tertiary/aromatic N) is 1. The molecule has 0 aliphatic heterocycles. The molecule has 2 rings (SSSR count). The van der Waals surface area contributed by atoms with Crippen LogP contribution in [0.1, 0.15) is 11.7 Å². The summed E-state index contributed by atoms with van der Waals surface area (Å²) >= 11 is 0. The van der Waals surface area contributed by atoms with Gasteiger partial charge in [-0.05, 0) is 17.7 Å². The minimum Gasteiger partial charge on any atom is -0.467 e. The number of aliphatic hydroxyl groups is 2. The lowest BCUT2D eigenvalue weighted by atomic mass is 10.0. The lowest BCUT2D eigenvalue weighted by molar-refractivity contribution is -0.156. The Morgan fingerprint density at radius 3 is 2.94 bits per heavy atom. The van der Waals surface area contributed by atoms with Crippen molar-refractivity contribution >= 4 is 16.9 Å². The summed E-state index contributed by atoms with van der Waals surface area (Å²) < 4.78 is 4.36. The van der Waals surface area contributed by atoms with Gasteiger partial charge in [0.25, 0.3) is 0 Å². The number of hydrogen-bond donors (Lipinski definition) is 3. The summed E-state index contributed by atoms with van der Waals surface area (Å²) in [5, 5.41) is 26.7. The molecule has 1 aromatic heterocycles. The van der Waals surface area contributed by atoms with Crippen LogP contribution in [0.25, 0.3) is 10.9 Å². The molecule has 1 aromatic carbocycles. The number of carbonyl (C=O) groups is 1. The van der Waals surface area contributed by atoms with E-state index in [1.54, 1.807) is 24.4 Å². The topological polar surface area (TPSA) is 95.4 Å². The van der Waals surface area contributed by atoms with Gasteiger partial charge in [-0.25, -0.2) is 4.79 Å². The average molecular weight is 236 g/mol. The molecule has 0 saturated carbocycles. The third-order valence-electron chi connectivity index (χ3n) is 2.55. The van der Waals surface area contributed by atoms with E-state index in [1.807, 2.05) is 0 Å². The number of methoxy groups -OCH3 is 1. The first-order valence-electron chi connectivity index (χ1n) is 5.00. The van der Waals surface area contributed by atoms with E-state index < -0.39 is 18.2 Å². The number of aromatic nitrogens is 2. The second-order valence-corrected chi connectivity index (χ2v) is 3.63. The molecule has 0 radical (unpaired) electrons. The molecule has 6 nitrogen and oxygen atoms in total. The van der Waals surface area contributed by atoms with E-state index in [4.69, 9.17) is 0 Å². The first kappa shape index (κ1) is 11.6. The highest BCUT2D eigenvalue weighted by Crippen LogP contribution is 2.21. The van der Waals surface area contributed by atoms with E-state index in [2.05, 4.69) is 14.9 Å². The number of fused-ring (bicyclic) bond motifs is 1. The molecule has 0 saturated heterocycles. The summed E-state index contributed by atoms with van der Waals surface area (Å²) in [6.07, 6.45) is -1.32. The van der Waals surface area contributed by atoms with Crippen LogP contribution < -0.4 is 0 Å². The van der Waals surface area contributed by atoms with Crippen molar-refractivity contribution in [2.24, 2.45) is 0 Å². The van der Waals surface area contributed by atoms with E-state index in [0.29, 0.717) is 5.56 Å². The second kappa shape index (κ2) is 4.52. The van der Waals surface area contributed by atoms with E-state index in [9.17, 15) is 15.0 Å². The number of nitrogens with one attached hydrogen (secondary N) is 1. The third kappa shape index (κ3) is 2.13. The molecule has 90 valence electrons. The molecule has 6 heteroatoms. The van der Waals surface area contributed by atoms with Gasteiger partial charge in [0.1, 0.15) is 6.10 Å². The van der Waals surface area contributed by atoms with Crippen molar-refractivity contribution in [2.45, 2.75) is 12.2 Å². The Morgan fingerprint density at radius 2 is 2.24 bits per heavy atom. The molecule has 0 aliphatic carbocycles. The first-order valence-corrected chi connectivity index (χ1v) is 5.00. The van der Waals surface area contributed by atoms with Crippen molar-refractivity contribution < 1.29 is 19.7 Å². The predicted octanol–water partition coefficient (Wildman–Crippen LogP) is 0.130. The summed E-state index contributed by atoms with van der Waals surface area (Å²) in [5.74, 6) is -0.871. The van der Waals surface area contributed by atoms with Crippen LogP contribution in [-0.2, 0) is 9.53 Å². The minimum atomic E-state index is -1.59. The monoisotopic (exact) mass is 236 g/mol. The normalized spacial score (nSPS) is 14.5. The van der Waals surface area contributed by atoms with Gasteiger partial charge in [0.15, 0.2) is 6.10 Å². The Morgan fingerprint density at radius 1 is 1.47 bits per heavy atom. The average Bonchev–Trinajstić information content (AvgIpc) is 2.83. The quantitative estimate of drug-likeness (QED) is 0.658. The molecule has 1 heterocycles. The molecule has 0 fully saturated rings. The highest BCUT2D eigenvalue weighted by Gasteiger charge is 2.26. The Bertz CT molecular complexity index is 537. The van der Waals surface area contributed by atoms with Crippen molar-refractivity contribution in [1.29, 1.82) is 0 Å². The number of esters is 1. The molecule has 2 unspecified atom stereocenters. The Balaban J connectivity index is 2.29. The number of aromatic amines is 1. The maximum Gasteiger partial charge on any atom is 0.337 e. The number of benzene rings is 1. The largest absolute Gasteiger partial charge is 0.467 e. The van der Waals surface area contributed by atoms with E-state index >= 15 is 0 Å². The number of hydrogen-bond acceptors (Lipinski definition) is 5. The maximum absolute atomic E-state index is 11.1. The van der Waals surface area contributed by atoms with Crippen LogP contribution >= 0.6 is 0 Å². The number of ether oxygens (including phenoxy) is 1. The van der Waals surface area contributed by atoms with Crippen LogP contribution in [0.2, 0.25) is 0 Å². The Labute approximate surface area is 96.8 Å². The van der Waals surface area contributed by atoms with Gasteiger partial charge >= 0.3 is 5.97 Å². The lowest BCUT2D eigenvalue weighted by Crippen LogP contribution is -2.28. The van der Waals surface area contributed by atoms with Crippen LogP contribution in [0.4, 0.5) is 0 Å². The standard InChI is InChI=1S/C11H12N2O4/c1-17-11(16)10(15)9(14)6-2-3-8-7(4-6)5-12-13-8/h2-5,9-10,14-15H,1H3,(H,12,13). The van der Waals surface area contributed by atoms with Crippen LogP contribution in [0.3, 0.4) is 0 Å². The highest BCUT2D eigenvalue weighted by molar-refractivity contribution is 5.79. The summed E-state index contributed by atoms with van der Waals surface area (Å²) in [6.45, 7) is 0. The molecule has 0 spiro atoms. The zero-order chi connectivity index (χ0) is 12.4. The number of rotatable bonds is 3. The van der Waals surface area contributed by atoms with Gasteiger partial charge < -0.3 is 14.9 Å². The van der Waals surface area contributed by atoms with Gasteiger partial charge in [0.05, 0.1) is 18.8 Å². The molecule has 2 aromatic rings. The van der Waals surface area contributed by atoms with Gasteiger partial charge in [0, 0.05) is 5.39 Å². The lowest BCUT2D eigenvalue weighted by Gasteiger charge is -2.15. The number of aliphatic hydroxyl groups excluding tert-OH is 2. The first-order chi connectivity index (χ1) is 8.13. The molecule has 0 bridgehead atoms. The van der Waals surface area contributed by atoms with Gasteiger partial charge in [-0.2, -0.15) is 5.10 Å². The minimum absolute atomic E-state index is 0.428. The SMILES string of the molecule is COC(=O)C(O)C(O)c1ccc2[nH]ncc2c1. The Hall–Kier alpha value is -1.92. The van der Waals surface area contributed by atoms with Crippen LogP contribution in [0, 0.1) is 0 Å². The fourth-order valence-electron chi connectivity index (χ4n) is 1.58. The van der Waals surface area contributed by atoms with E-state index in [-0.39, 0.29) is 0 Å². The highest BCUT2D eigenvalue weighted by atomic mass is 16.5. The van der Waals surface area contributed by atoms with Crippen LogP contribution in [-0.4, -0.2) is 39.6 Å². The van der Waals surface area contributed by atoms with Gasteiger partial charge in [-0.15, -0.1) is 0 Å². The van der Waals surface area contributed by atoms with Gasteiger partial charge in [0.2, 0.25) is 0 Å². The molecular weight excluding hydrogens is 224 g/mol. The number of carbonyl (C=O) groups excluding carboxylic acids is 1. The van der Waals surface area contributed by atoms with Crippen molar-refractivity contribution in [3.63, 3.8) is 0 Å². The summed E-state index contributed by atoms with van der Waals surface area (Å²) in [7, 11) is 1.15. The van der Waals surface area contributed by atoms with Crippen molar-refractivity contribution in [2.75, 3.05) is 7.11 Å². The maximum atomic E-state index is 11.1. The summed E-state index contributed by atoms with van der Waals surface area (Å²) in [4.78, 5) is 11.1. The van der Waals surface area contributed by atoms with Gasteiger partial charge in [-0.1, -0.05) is 6.07 Å². The van der Waals surface area contributed by atoms with Crippen molar-refractivity contribution in [1.82, 2.24) is 10.2 Å². The van der Waals surface area contributed by atoms with Crippen LogP contribution in [0.5, 0.6) is 0 Å². The predicted molar refractivity (Wildman–Crippen MR) is 59.1 cm³/mol. The summed E-state index contributed by atoms with van der Waals surface area (Å²) in [6, 6.07) is 4.97. The van der Waals surface area contributed by atoms with Crippen molar-refractivity contribution in [3.05, 3.63) is 30.0 Å². The molecular formula is C11H12N2O4. The fourth-order valence-corrected chi connectivity index (χ4v) is 1.58. The molecule has 0 amide bonds. The van der Waals surface area contributed by atoms with E-state index in [1.165, 1.54) is 0 Å². The van der Waals surface area contributed by atoms with E-state index in [0.717, 1.165) is 18.0 Å². The summed E-state index contributed by atoms with van der Waals surface area (Å²) in [5.41, 5.74) is 1.24. The Kier molecular flexibility index (Phi) is 3.08. The fraction of sp³-hybridized carbons (Fsp3) is 0.273. The molecule has 17 heavy (non-hydrogen) atoms. The van der Waals surface area contributed by atoms with Crippen LogP contribution in [0.15, 0.2) is 24.4 Å². The molecule has 3 N–H and O–H groups in total. The van der Waals surface area contributed by atoms with Gasteiger partial charge in [-0.3, -0.25) is 5.10 Å². The second-order valence-electron chi connectivity index (χ2n) is 3.63. The van der Waals surface area contributed by atoms with Crippen molar-refractivity contribution in [3.8, 4) is 0 Å². The smallest absolute Gasteiger partial charge is 0.337 e. The molecule has 0 aliphatic rings. The zero-order valence-corrected chi connectivity index (χ0v) is 9.12. The zero-order valence-electron chi connectivity index (χ0n) is 9.12. The third-order valence-corrected chi connectivity index (χ3v) is 2.55. The molecule has 2 atom stereocenters.